The maximum absolute atomic E-state index is 12.3. The molecule has 126 valence electrons. The molecule has 0 bridgehead atoms. The van der Waals surface area contributed by atoms with Gasteiger partial charge in [-0.3, -0.25) is 4.79 Å². The van der Waals surface area contributed by atoms with Gasteiger partial charge >= 0.3 is 0 Å². The van der Waals surface area contributed by atoms with Crippen LogP contribution in [0, 0.1) is 6.92 Å². The minimum absolute atomic E-state index is 0. The number of hydrogen-bond acceptors (Lipinski definition) is 3. The lowest BCUT2D eigenvalue weighted by Crippen LogP contribution is -2.40. The predicted molar refractivity (Wildman–Crippen MR) is 93.4 cm³/mol. The molecule has 4 nitrogen and oxygen atoms in total. The number of hydrogen-bond donors (Lipinski definition) is 1. The van der Waals surface area contributed by atoms with E-state index in [0.29, 0.717) is 13.0 Å². The molecule has 1 aromatic carbocycles. The third-order valence-electron chi connectivity index (χ3n) is 4.00. The number of carbonyl (C=O) groups excluding carboxylic acids is 1. The summed E-state index contributed by atoms with van der Waals surface area (Å²) in [6.45, 7) is 4.55. The van der Waals surface area contributed by atoms with E-state index in [2.05, 4.69) is 38.1 Å². The number of carbonyl (C=O) groups is 1. The minimum Gasteiger partial charge on any atom is -0.380 e. The molecule has 1 rings (SSSR count). The third kappa shape index (κ3) is 6.34. The number of aryl methyl sites for hydroxylation is 1. The van der Waals surface area contributed by atoms with Crippen LogP contribution in [0.5, 0.6) is 0 Å². The Morgan fingerprint density at radius 2 is 1.91 bits per heavy atom. The number of methoxy groups -OCH3 is 1. The van der Waals surface area contributed by atoms with Crippen molar-refractivity contribution in [1.29, 1.82) is 0 Å². The van der Waals surface area contributed by atoms with Crippen molar-refractivity contribution in [2.24, 2.45) is 5.73 Å². The van der Waals surface area contributed by atoms with Crippen molar-refractivity contribution in [2.45, 2.75) is 45.3 Å². The Balaban J connectivity index is 0.00000441. The summed E-state index contributed by atoms with van der Waals surface area (Å²) in [4.78, 5) is 14.1. The molecular weight excluding hydrogens is 300 g/mol. The summed E-state index contributed by atoms with van der Waals surface area (Å²) in [7, 11) is 3.46. The second kappa shape index (κ2) is 10.6. The summed E-state index contributed by atoms with van der Waals surface area (Å²) in [5.74, 6) is 0.0891. The van der Waals surface area contributed by atoms with E-state index >= 15 is 0 Å². The molecule has 5 heteroatoms. The van der Waals surface area contributed by atoms with Crippen LogP contribution in [0.4, 0.5) is 0 Å². The van der Waals surface area contributed by atoms with Crippen molar-refractivity contribution in [1.82, 2.24) is 4.90 Å². The Hall–Kier alpha value is -1.10. The third-order valence-corrected chi connectivity index (χ3v) is 4.00. The van der Waals surface area contributed by atoms with Gasteiger partial charge in [0.1, 0.15) is 0 Å². The first-order chi connectivity index (χ1) is 10.0. The fourth-order valence-corrected chi connectivity index (χ4v) is 2.36. The van der Waals surface area contributed by atoms with E-state index in [1.54, 1.807) is 7.11 Å². The standard InChI is InChI=1S/C17H28N2O2.ClH/c1-5-15(10-14-8-6-13(2)7-9-14)19(3)17(20)11-16(12-18)21-4;/h6-9,15-16H,5,10-12,18H2,1-4H3;1H. The molecule has 2 N–H and O–H groups in total. The summed E-state index contributed by atoms with van der Waals surface area (Å²) in [6, 6.07) is 8.69. The highest BCUT2D eigenvalue weighted by Crippen LogP contribution is 2.14. The molecule has 0 aliphatic carbocycles. The molecule has 0 heterocycles. The molecule has 2 atom stereocenters. The zero-order valence-electron chi connectivity index (χ0n) is 14.0. The van der Waals surface area contributed by atoms with E-state index in [-0.39, 0.29) is 30.5 Å². The van der Waals surface area contributed by atoms with Gasteiger partial charge in [-0.25, -0.2) is 0 Å². The van der Waals surface area contributed by atoms with Crippen LogP contribution in [0.2, 0.25) is 0 Å². The van der Waals surface area contributed by atoms with Gasteiger partial charge in [-0.2, -0.15) is 0 Å². The van der Waals surface area contributed by atoms with E-state index in [1.807, 2.05) is 11.9 Å². The molecule has 22 heavy (non-hydrogen) atoms. The van der Waals surface area contributed by atoms with E-state index in [9.17, 15) is 4.79 Å². The topological polar surface area (TPSA) is 55.6 Å². The van der Waals surface area contributed by atoms with E-state index in [4.69, 9.17) is 10.5 Å². The van der Waals surface area contributed by atoms with Gasteiger partial charge in [0.15, 0.2) is 0 Å². The fraction of sp³-hybridized carbons (Fsp3) is 0.588. The Kier molecular flexibility index (Phi) is 10.1. The van der Waals surface area contributed by atoms with Crippen molar-refractivity contribution in [3.8, 4) is 0 Å². The van der Waals surface area contributed by atoms with Crippen molar-refractivity contribution in [3.05, 3.63) is 35.4 Å². The SMILES string of the molecule is CCC(Cc1ccc(C)cc1)N(C)C(=O)CC(CN)OC.Cl. The van der Waals surface area contributed by atoms with Gasteiger partial charge in [0.25, 0.3) is 0 Å². The summed E-state index contributed by atoms with van der Waals surface area (Å²) in [5, 5.41) is 0. The first-order valence-corrected chi connectivity index (χ1v) is 7.55. The van der Waals surface area contributed by atoms with Gasteiger partial charge in [-0.1, -0.05) is 36.8 Å². The van der Waals surface area contributed by atoms with E-state index < -0.39 is 0 Å². The van der Waals surface area contributed by atoms with Crippen LogP contribution < -0.4 is 5.73 Å². The maximum atomic E-state index is 12.3. The van der Waals surface area contributed by atoms with Gasteiger partial charge in [0, 0.05) is 26.7 Å². The molecule has 1 aromatic rings. The van der Waals surface area contributed by atoms with Gasteiger partial charge in [-0.05, 0) is 25.3 Å². The van der Waals surface area contributed by atoms with E-state index in [0.717, 1.165) is 12.8 Å². The molecule has 0 aliphatic heterocycles. The maximum Gasteiger partial charge on any atom is 0.225 e. The van der Waals surface area contributed by atoms with Gasteiger partial charge in [0.2, 0.25) is 5.91 Å². The highest BCUT2D eigenvalue weighted by Gasteiger charge is 2.21. The van der Waals surface area contributed by atoms with Crippen molar-refractivity contribution < 1.29 is 9.53 Å². The summed E-state index contributed by atoms with van der Waals surface area (Å²) >= 11 is 0. The molecule has 0 aliphatic rings. The van der Waals surface area contributed by atoms with Crippen molar-refractivity contribution in [2.75, 3.05) is 20.7 Å². The lowest BCUT2D eigenvalue weighted by atomic mass is 10.0. The molecule has 0 radical (unpaired) electrons. The molecule has 0 aromatic heterocycles. The number of nitrogens with two attached hydrogens (primary N) is 1. The summed E-state index contributed by atoms with van der Waals surface area (Å²) < 4.78 is 5.19. The normalized spacial score (nSPS) is 13.1. The minimum atomic E-state index is -0.197. The zero-order chi connectivity index (χ0) is 15.8. The first kappa shape index (κ1) is 20.9. The Morgan fingerprint density at radius 1 is 1.32 bits per heavy atom. The molecule has 0 fully saturated rings. The van der Waals surface area contributed by atoms with Crippen LogP contribution >= 0.6 is 12.4 Å². The average Bonchev–Trinajstić information content (AvgIpc) is 2.51. The van der Waals surface area contributed by atoms with Gasteiger partial charge in [-0.15, -0.1) is 12.4 Å². The summed E-state index contributed by atoms with van der Waals surface area (Å²) in [6.07, 6.45) is 1.95. The zero-order valence-corrected chi connectivity index (χ0v) is 14.9. The number of ether oxygens (including phenoxy) is 1. The molecular formula is C17H29ClN2O2. The Labute approximate surface area is 140 Å². The quantitative estimate of drug-likeness (QED) is 0.798. The van der Waals surface area contributed by atoms with Crippen LogP contribution in [0.3, 0.4) is 0 Å². The number of amides is 1. The van der Waals surface area contributed by atoms with Crippen LogP contribution in [0.1, 0.15) is 30.9 Å². The van der Waals surface area contributed by atoms with Crippen molar-refractivity contribution in [3.63, 3.8) is 0 Å². The Bertz CT molecular complexity index is 433. The molecule has 0 saturated heterocycles. The number of halogens is 1. The monoisotopic (exact) mass is 328 g/mol. The summed E-state index contributed by atoms with van der Waals surface area (Å²) in [5.41, 5.74) is 8.09. The fourth-order valence-electron chi connectivity index (χ4n) is 2.36. The van der Waals surface area contributed by atoms with Gasteiger partial charge < -0.3 is 15.4 Å². The largest absolute Gasteiger partial charge is 0.380 e. The van der Waals surface area contributed by atoms with Crippen molar-refractivity contribution >= 4 is 18.3 Å². The van der Waals surface area contributed by atoms with Gasteiger partial charge in [0.05, 0.1) is 12.5 Å². The molecule has 0 spiro atoms. The lowest BCUT2D eigenvalue weighted by Gasteiger charge is -2.29. The molecule has 1 amide bonds. The van der Waals surface area contributed by atoms with Crippen LogP contribution in [-0.2, 0) is 16.0 Å². The predicted octanol–water partition coefficient (Wildman–Crippen LogP) is 2.56. The second-order valence-corrected chi connectivity index (χ2v) is 5.55. The average molecular weight is 329 g/mol. The molecule has 2 unspecified atom stereocenters. The number of likely N-dealkylation sites (N-methyl/N-ethyl adjacent to an activating group) is 1. The van der Waals surface area contributed by atoms with E-state index in [1.165, 1.54) is 11.1 Å². The van der Waals surface area contributed by atoms with Crippen LogP contribution in [0.25, 0.3) is 0 Å². The number of rotatable bonds is 8. The lowest BCUT2D eigenvalue weighted by molar-refractivity contribution is -0.134. The number of benzene rings is 1. The Morgan fingerprint density at radius 3 is 2.36 bits per heavy atom. The highest BCUT2D eigenvalue weighted by molar-refractivity contribution is 5.85. The number of nitrogens with zero attached hydrogens (tertiary/aromatic N) is 1. The second-order valence-electron chi connectivity index (χ2n) is 5.55. The highest BCUT2D eigenvalue weighted by atomic mass is 35.5. The van der Waals surface area contributed by atoms with Crippen LogP contribution in [-0.4, -0.2) is 43.7 Å². The first-order valence-electron chi connectivity index (χ1n) is 7.55. The van der Waals surface area contributed by atoms with Crippen LogP contribution in [0.15, 0.2) is 24.3 Å². The smallest absolute Gasteiger partial charge is 0.225 e. The molecule has 0 saturated carbocycles.